The molecule has 1 amide bonds. The molecule has 1 saturated heterocycles. The Kier molecular flexibility index (Phi) is 8.45. The number of thiazole rings is 1. The standard InChI is InChI=1S/C9H13N3O2S.2ClH/c13-9(8-4-14-2-1-10-8)11-3-7-5-15-6-12-7;;/h5-6,8,10H,1-4H2,(H,11,13);2*1H. The molecular weight excluding hydrogens is 285 g/mol. The van der Waals surface area contributed by atoms with Crippen LogP contribution in [0.5, 0.6) is 0 Å². The molecule has 0 bridgehead atoms. The minimum Gasteiger partial charge on any atom is -0.378 e. The number of ether oxygens (including phenoxy) is 1. The summed E-state index contributed by atoms with van der Waals surface area (Å²) in [6, 6.07) is -0.225. The first-order valence-corrected chi connectivity index (χ1v) is 5.76. The van der Waals surface area contributed by atoms with Gasteiger partial charge in [0.15, 0.2) is 0 Å². The van der Waals surface area contributed by atoms with Gasteiger partial charge >= 0.3 is 0 Å². The molecule has 1 aliphatic rings. The van der Waals surface area contributed by atoms with Crippen molar-refractivity contribution in [2.75, 3.05) is 19.8 Å². The van der Waals surface area contributed by atoms with Crippen LogP contribution in [0.4, 0.5) is 0 Å². The Hall–Kier alpha value is -0.400. The number of morpholine rings is 1. The van der Waals surface area contributed by atoms with Gasteiger partial charge < -0.3 is 15.4 Å². The fourth-order valence-electron chi connectivity index (χ4n) is 1.36. The fraction of sp³-hybridized carbons (Fsp3) is 0.556. The van der Waals surface area contributed by atoms with Gasteiger partial charge in [-0.25, -0.2) is 4.98 Å². The number of aromatic nitrogens is 1. The molecule has 1 atom stereocenters. The van der Waals surface area contributed by atoms with Crippen molar-refractivity contribution in [1.82, 2.24) is 15.6 Å². The molecule has 0 radical (unpaired) electrons. The SMILES string of the molecule is Cl.Cl.O=C(NCc1cscn1)C1COCCN1. The summed E-state index contributed by atoms with van der Waals surface area (Å²) in [5.41, 5.74) is 2.65. The van der Waals surface area contributed by atoms with E-state index in [4.69, 9.17) is 4.74 Å². The third-order valence-electron chi connectivity index (χ3n) is 2.17. The smallest absolute Gasteiger partial charge is 0.239 e. The van der Waals surface area contributed by atoms with Crippen molar-refractivity contribution in [3.05, 3.63) is 16.6 Å². The summed E-state index contributed by atoms with van der Waals surface area (Å²) in [4.78, 5) is 15.7. The average Bonchev–Trinajstić information content (AvgIpc) is 2.80. The molecule has 98 valence electrons. The molecule has 5 nitrogen and oxygen atoms in total. The quantitative estimate of drug-likeness (QED) is 0.858. The van der Waals surface area contributed by atoms with Crippen LogP contribution in [0.25, 0.3) is 0 Å². The third kappa shape index (κ3) is 5.18. The van der Waals surface area contributed by atoms with Gasteiger partial charge in [-0.2, -0.15) is 0 Å². The molecule has 8 heteroatoms. The summed E-state index contributed by atoms with van der Waals surface area (Å²) < 4.78 is 5.20. The van der Waals surface area contributed by atoms with Gasteiger partial charge in [-0.15, -0.1) is 36.2 Å². The van der Waals surface area contributed by atoms with Crippen molar-refractivity contribution in [1.29, 1.82) is 0 Å². The predicted molar refractivity (Wildman–Crippen MR) is 71.1 cm³/mol. The fourth-order valence-corrected chi connectivity index (χ4v) is 1.92. The van der Waals surface area contributed by atoms with Crippen molar-refractivity contribution in [2.45, 2.75) is 12.6 Å². The highest BCUT2D eigenvalue weighted by molar-refractivity contribution is 7.07. The van der Waals surface area contributed by atoms with Crippen LogP contribution in [0.1, 0.15) is 5.69 Å². The van der Waals surface area contributed by atoms with Crippen molar-refractivity contribution >= 4 is 42.1 Å². The van der Waals surface area contributed by atoms with E-state index in [0.29, 0.717) is 19.8 Å². The molecule has 2 rings (SSSR count). The zero-order chi connectivity index (χ0) is 10.5. The topological polar surface area (TPSA) is 63.2 Å². The minimum absolute atomic E-state index is 0. The third-order valence-corrected chi connectivity index (χ3v) is 2.80. The molecule has 1 aromatic rings. The van der Waals surface area contributed by atoms with Crippen molar-refractivity contribution < 1.29 is 9.53 Å². The molecule has 1 aromatic heterocycles. The van der Waals surface area contributed by atoms with Crippen LogP contribution in [0.15, 0.2) is 10.9 Å². The van der Waals surface area contributed by atoms with Gasteiger partial charge in [0.25, 0.3) is 0 Å². The van der Waals surface area contributed by atoms with Gasteiger partial charge in [0.05, 0.1) is 31.0 Å². The predicted octanol–water partition coefficient (Wildman–Crippen LogP) is 0.591. The number of nitrogens with zero attached hydrogens (tertiary/aromatic N) is 1. The van der Waals surface area contributed by atoms with Crippen LogP contribution in [0, 0.1) is 0 Å². The number of rotatable bonds is 3. The van der Waals surface area contributed by atoms with Crippen molar-refractivity contribution in [2.24, 2.45) is 0 Å². The Bertz CT molecular complexity index is 318. The largest absolute Gasteiger partial charge is 0.378 e. The lowest BCUT2D eigenvalue weighted by Gasteiger charge is -2.22. The van der Waals surface area contributed by atoms with Crippen LogP contribution in [0.3, 0.4) is 0 Å². The summed E-state index contributed by atoms with van der Waals surface area (Å²) in [6.45, 7) is 2.34. The van der Waals surface area contributed by atoms with Crippen molar-refractivity contribution in [3.8, 4) is 0 Å². The van der Waals surface area contributed by atoms with Gasteiger partial charge in [-0.3, -0.25) is 4.79 Å². The second-order valence-corrected chi connectivity index (χ2v) is 4.00. The number of halogens is 2. The van der Waals surface area contributed by atoms with Gasteiger partial charge in [0, 0.05) is 11.9 Å². The lowest BCUT2D eigenvalue weighted by Crippen LogP contribution is -2.51. The van der Waals surface area contributed by atoms with Crippen LogP contribution in [0.2, 0.25) is 0 Å². The molecule has 1 aliphatic heterocycles. The summed E-state index contributed by atoms with van der Waals surface area (Å²) in [7, 11) is 0. The van der Waals surface area contributed by atoms with Crippen LogP contribution in [-0.4, -0.2) is 36.7 Å². The number of carbonyl (C=O) groups is 1. The Morgan fingerprint density at radius 3 is 3.06 bits per heavy atom. The molecule has 0 aromatic carbocycles. The Labute approximate surface area is 116 Å². The maximum absolute atomic E-state index is 11.6. The van der Waals surface area contributed by atoms with E-state index in [1.165, 1.54) is 11.3 Å². The minimum atomic E-state index is -0.225. The number of nitrogens with one attached hydrogen (secondary N) is 2. The number of carbonyl (C=O) groups excluding carboxylic acids is 1. The first kappa shape index (κ1) is 16.6. The van der Waals surface area contributed by atoms with E-state index in [-0.39, 0.29) is 36.8 Å². The van der Waals surface area contributed by atoms with Gasteiger partial charge in [0.1, 0.15) is 6.04 Å². The van der Waals surface area contributed by atoms with E-state index in [2.05, 4.69) is 15.6 Å². The van der Waals surface area contributed by atoms with E-state index >= 15 is 0 Å². The normalized spacial score (nSPS) is 18.7. The molecule has 1 unspecified atom stereocenters. The highest BCUT2D eigenvalue weighted by Crippen LogP contribution is 2.00. The number of hydrogen-bond donors (Lipinski definition) is 2. The van der Waals surface area contributed by atoms with Gasteiger partial charge in [-0.05, 0) is 0 Å². The highest BCUT2D eigenvalue weighted by Gasteiger charge is 2.20. The first-order valence-electron chi connectivity index (χ1n) is 4.82. The van der Waals surface area contributed by atoms with E-state index in [9.17, 15) is 4.79 Å². The van der Waals surface area contributed by atoms with E-state index < -0.39 is 0 Å². The lowest BCUT2D eigenvalue weighted by atomic mass is 10.2. The molecule has 0 spiro atoms. The monoisotopic (exact) mass is 299 g/mol. The second-order valence-electron chi connectivity index (χ2n) is 3.28. The Morgan fingerprint density at radius 2 is 2.47 bits per heavy atom. The molecule has 0 aliphatic carbocycles. The first-order chi connectivity index (χ1) is 7.36. The molecular formula is C9H15Cl2N3O2S. The summed E-state index contributed by atoms with van der Waals surface area (Å²) in [5, 5.41) is 7.83. The Balaban J connectivity index is 0.00000128. The Morgan fingerprint density at radius 1 is 1.65 bits per heavy atom. The zero-order valence-corrected chi connectivity index (χ0v) is 11.5. The number of amides is 1. The zero-order valence-electron chi connectivity index (χ0n) is 9.05. The lowest BCUT2D eigenvalue weighted by molar-refractivity contribution is -0.126. The highest BCUT2D eigenvalue weighted by atomic mass is 35.5. The van der Waals surface area contributed by atoms with Crippen LogP contribution in [-0.2, 0) is 16.1 Å². The van der Waals surface area contributed by atoms with E-state index in [1.807, 2.05) is 5.38 Å². The van der Waals surface area contributed by atoms with Crippen LogP contribution >= 0.6 is 36.2 Å². The number of hydrogen-bond acceptors (Lipinski definition) is 5. The summed E-state index contributed by atoms with van der Waals surface area (Å²) >= 11 is 1.52. The molecule has 1 fully saturated rings. The molecule has 2 N–H and O–H groups in total. The van der Waals surface area contributed by atoms with E-state index in [0.717, 1.165) is 12.2 Å². The van der Waals surface area contributed by atoms with E-state index in [1.54, 1.807) is 5.51 Å². The molecule has 0 saturated carbocycles. The molecule has 17 heavy (non-hydrogen) atoms. The average molecular weight is 300 g/mol. The van der Waals surface area contributed by atoms with Crippen molar-refractivity contribution in [3.63, 3.8) is 0 Å². The van der Waals surface area contributed by atoms with Gasteiger partial charge in [0.2, 0.25) is 5.91 Å². The maximum atomic E-state index is 11.6. The van der Waals surface area contributed by atoms with Gasteiger partial charge in [-0.1, -0.05) is 0 Å². The second kappa shape index (κ2) is 8.66. The summed E-state index contributed by atoms with van der Waals surface area (Å²) in [5.74, 6) is -0.0253. The van der Waals surface area contributed by atoms with Crippen LogP contribution < -0.4 is 10.6 Å². The maximum Gasteiger partial charge on any atom is 0.239 e. The summed E-state index contributed by atoms with van der Waals surface area (Å²) in [6.07, 6.45) is 0. The molecule has 2 heterocycles.